The quantitative estimate of drug-likeness (QED) is 0.594. The second-order valence-corrected chi connectivity index (χ2v) is 6.40. The molecule has 3 nitrogen and oxygen atoms in total. The maximum atomic E-state index is 11.6. The van der Waals surface area contributed by atoms with E-state index < -0.39 is 9.73 Å². The van der Waals surface area contributed by atoms with Crippen LogP contribution in [0.3, 0.4) is 0 Å². The lowest BCUT2D eigenvalue weighted by molar-refractivity contribution is 0.373. The van der Waals surface area contributed by atoms with E-state index in [0.29, 0.717) is 11.5 Å². The predicted molar refractivity (Wildman–Crippen MR) is 49.8 cm³/mol. The van der Waals surface area contributed by atoms with Crippen molar-refractivity contribution in [2.24, 2.45) is 0 Å². The molecule has 4 heteroatoms. The highest BCUT2D eigenvalue weighted by Gasteiger charge is 2.38. The van der Waals surface area contributed by atoms with E-state index in [4.69, 9.17) is 4.78 Å². The van der Waals surface area contributed by atoms with Gasteiger partial charge in [-0.05, 0) is 32.2 Å². The minimum Gasteiger partial charge on any atom is -0.310 e. The number of rotatable bonds is 0. The Labute approximate surface area is 73.9 Å². The van der Waals surface area contributed by atoms with Crippen LogP contribution in [0.2, 0.25) is 0 Å². The van der Waals surface area contributed by atoms with E-state index >= 15 is 0 Å². The van der Waals surface area contributed by atoms with Gasteiger partial charge in [0.1, 0.15) is 0 Å². The minimum atomic E-state index is -2.24. The fraction of sp³-hybridized carbons (Fsp3) is 1.00. The van der Waals surface area contributed by atoms with Gasteiger partial charge in [0, 0.05) is 26.8 Å². The van der Waals surface area contributed by atoms with E-state index in [9.17, 15) is 4.21 Å². The van der Waals surface area contributed by atoms with Gasteiger partial charge >= 0.3 is 0 Å². The summed E-state index contributed by atoms with van der Waals surface area (Å²) in [5, 5.41) is 3.43. The van der Waals surface area contributed by atoms with Crippen molar-refractivity contribution in [3.05, 3.63) is 0 Å². The summed E-state index contributed by atoms with van der Waals surface area (Å²) < 4.78 is 19.2. The molecule has 2 aliphatic rings. The average Bonchev–Trinajstić information content (AvgIpc) is 2.34. The molecular weight excluding hydrogens is 172 g/mol. The zero-order valence-electron chi connectivity index (χ0n) is 7.27. The third-order valence-corrected chi connectivity index (χ3v) is 4.94. The molecule has 2 atom stereocenters. The first-order valence-electron chi connectivity index (χ1n) is 4.61. The zero-order chi connectivity index (χ0) is 8.66. The van der Waals surface area contributed by atoms with Crippen molar-refractivity contribution in [3.8, 4) is 0 Å². The van der Waals surface area contributed by atoms with Crippen LogP contribution in [0.15, 0.2) is 0 Å². The number of hydrogen-bond acceptors (Lipinski definition) is 3. The Morgan fingerprint density at radius 1 is 1.33 bits per heavy atom. The van der Waals surface area contributed by atoms with E-state index in [1.54, 1.807) is 0 Å². The lowest BCUT2D eigenvalue weighted by Crippen LogP contribution is -2.49. The molecule has 0 aromatic carbocycles. The first-order chi connectivity index (χ1) is 5.62. The Kier molecular flexibility index (Phi) is 1.92. The van der Waals surface area contributed by atoms with Gasteiger partial charge in [0.05, 0.1) is 0 Å². The van der Waals surface area contributed by atoms with Crippen LogP contribution in [-0.4, -0.2) is 27.8 Å². The molecule has 0 bridgehead atoms. The van der Waals surface area contributed by atoms with Gasteiger partial charge in [0.2, 0.25) is 0 Å². The molecule has 1 spiro atoms. The van der Waals surface area contributed by atoms with Crippen LogP contribution < -0.4 is 5.32 Å². The topological polar surface area (TPSA) is 53.0 Å². The molecule has 2 saturated heterocycles. The summed E-state index contributed by atoms with van der Waals surface area (Å²) in [6, 6.07) is 0. The van der Waals surface area contributed by atoms with Crippen LogP contribution >= 0.6 is 0 Å². The molecule has 2 aliphatic heterocycles. The van der Waals surface area contributed by atoms with Crippen LogP contribution in [0.25, 0.3) is 0 Å². The summed E-state index contributed by atoms with van der Waals surface area (Å²) in [6.45, 7) is 1.05. The molecule has 2 fully saturated rings. The summed E-state index contributed by atoms with van der Waals surface area (Å²) in [5.74, 6) is 1.22. The van der Waals surface area contributed by atoms with Crippen LogP contribution in [-0.2, 0) is 9.73 Å². The van der Waals surface area contributed by atoms with Crippen LogP contribution in [0.1, 0.15) is 25.7 Å². The molecule has 0 aromatic rings. The Morgan fingerprint density at radius 3 is 2.67 bits per heavy atom. The number of nitrogens with one attached hydrogen (secondary N) is 2. The number of hydrogen-bond donors (Lipinski definition) is 2. The molecule has 0 amide bonds. The van der Waals surface area contributed by atoms with Gasteiger partial charge in [0.15, 0.2) is 0 Å². The van der Waals surface area contributed by atoms with Crippen molar-refractivity contribution in [2.75, 3.05) is 18.1 Å². The Morgan fingerprint density at radius 2 is 2.08 bits per heavy atom. The van der Waals surface area contributed by atoms with E-state index in [1.165, 1.54) is 6.42 Å². The van der Waals surface area contributed by atoms with E-state index in [0.717, 1.165) is 25.8 Å². The first kappa shape index (κ1) is 8.51. The SMILES string of the molecule is N=S1(=O)CCCC2(CCCN2)C1. The summed E-state index contributed by atoms with van der Waals surface area (Å²) >= 11 is 0. The van der Waals surface area contributed by atoms with E-state index in [2.05, 4.69) is 5.32 Å². The van der Waals surface area contributed by atoms with Crippen molar-refractivity contribution in [2.45, 2.75) is 31.2 Å². The minimum absolute atomic E-state index is 0.0943. The maximum Gasteiger partial charge on any atom is 0.0498 e. The van der Waals surface area contributed by atoms with Crippen molar-refractivity contribution in [1.29, 1.82) is 4.78 Å². The summed E-state index contributed by atoms with van der Waals surface area (Å²) in [4.78, 5) is 0. The Bertz CT molecular complexity index is 265. The molecule has 2 N–H and O–H groups in total. The lowest BCUT2D eigenvalue weighted by Gasteiger charge is -2.34. The van der Waals surface area contributed by atoms with Crippen molar-refractivity contribution in [1.82, 2.24) is 5.32 Å². The molecule has 70 valence electrons. The molecular formula is C8H16N2OS. The molecule has 0 aromatic heterocycles. The van der Waals surface area contributed by atoms with Gasteiger partial charge < -0.3 is 5.32 Å². The normalized spacial score (nSPS) is 48.3. The Hall–Kier alpha value is -0.0900. The predicted octanol–water partition coefficient (Wildman–Crippen LogP) is 0.949. The molecule has 0 aliphatic carbocycles. The standard InChI is InChI=1S/C8H16N2OS/c9-12(11)6-2-4-8(7-12)3-1-5-10-8/h9-10H,1-7H2. The molecule has 12 heavy (non-hydrogen) atoms. The van der Waals surface area contributed by atoms with Gasteiger partial charge in [-0.15, -0.1) is 0 Å². The summed E-state index contributed by atoms with van der Waals surface area (Å²) in [5.41, 5.74) is 0.0943. The molecule has 2 rings (SSSR count). The van der Waals surface area contributed by atoms with Gasteiger partial charge in [-0.2, -0.15) is 0 Å². The third-order valence-electron chi connectivity index (χ3n) is 2.97. The van der Waals surface area contributed by atoms with Gasteiger partial charge in [-0.25, -0.2) is 4.21 Å². The first-order valence-corrected chi connectivity index (χ1v) is 6.51. The third kappa shape index (κ3) is 1.50. The van der Waals surface area contributed by atoms with Crippen LogP contribution in [0.4, 0.5) is 0 Å². The lowest BCUT2D eigenvalue weighted by atomic mass is 9.94. The average molecular weight is 188 g/mol. The largest absolute Gasteiger partial charge is 0.310 e. The van der Waals surface area contributed by atoms with Crippen molar-refractivity contribution < 1.29 is 4.21 Å². The highest BCUT2D eigenvalue weighted by molar-refractivity contribution is 7.92. The molecule has 2 heterocycles. The van der Waals surface area contributed by atoms with Gasteiger partial charge in [-0.3, -0.25) is 4.78 Å². The maximum absolute atomic E-state index is 11.6. The monoisotopic (exact) mass is 188 g/mol. The Balaban J connectivity index is 2.17. The highest BCUT2D eigenvalue weighted by atomic mass is 32.2. The van der Waals surface area contributed by atoms with E-state index in [1.807, 2.05) is 0 Å². The van der Waals surface area contributed by atoms with Crippen molar-refractivity contribution >= 4 is 9.73 Å². The fourth-order valence-corrected chi connectivity index (χ4v) is 4.48. The van der Waals surface area contributed by atoms with Crippen molar-refractivity contribution in [3.63, 3.8) is 0 Å². The van der Waals surface area contributed by atoms with Gasteiger partial charge in [-0.1, -0.05) is 0 Å². The summed E-state index contributed by atoms with van der Waals surface area (Å²) in [6.07, 6.45) is 4.41. The van der Waals surface area contributed by atoms with E-state index in [-0.39, 0.29) is 5.54 Å². The summed E-state index contributed by atoms with van der Waals surface area (Å²) in [7, 11) is -2.24. The molecule has 0 saturated carbocycles. The van der Waals surface area contributed by atoms with Gasteiger partial charge in [0.25, 0.3) is 0 Å². The molecule has 2 unspecified atom stereocenters. The van der Waals surface area contributed by atoms with Crippen LogP contribution in [0, 0.1) is 4.78 Å². The highest BCUT2D eigenvalue weighted by Crippen LogP contribution is 2.30. The second-order valence-electron chi connectivity index (χ2n) is 4.07. The second kappa shape index (κ2) is 2.70. The molecule has 0 radical (unpaired) electrons. The smallest absolute Gasteiger partial charge is 0.0498 e. The fourth-order valence-electron chi connectivity index (χ4n) is 2.44. The zero-order valence-corrected chi connectivity index (χ0v) is 8.08. The van der Waals surface area contributed by atoms with Crippen LogP contribution in [0.5, 0.6) is 0 Å².